The van der Waals surface area contributed by atoms with Crippen LogP contribution in [0.4, 0.5) is 0 Å². The Morgan fingerprint density at radius 1 is 1.11 bits per heavy atom. The summed E-state index contributed by atoms with van der Waals surface area (Å²) in [6.45, 7) is 10.7. The van der Waals surface area contributed by atoms with E-state index in [1.54, 1.807) is 13.1 Å². The Bertz CT molecular complexity index is 1350. The molecule has 0 N–H and O–H groups in total. The van der Waals surface area contributed by atoms with Crippen molar-refractivity contribution in [3.05, 3.63) is 83.0 Å². The number of rotatable bonds is 2. The molecule has 5 rings (SSSR count). The molecule has 4 heterocycles. The van der Waals surface area contributed by atoms with Crippen molar-refractivity contribution in [1.82, 2.24) is 19.6 Å². The minimum Gasteiger partial charge on any atom is -0.364 e. The van der Waals surface area contributed by atoms with Gasteiger partial charge in [-0.25, -0.2) is 4.98 Å². The van der Waals surface area contributed by atoms with E-state index in [0.717, 1.165) is 22.2 Å². The number of carbonyl (C=O) groups excluding carboxylic acids is 2. The van der Waals surface area contributed by atoms with Crippen molar-refractivity contribution >= 4 is 22.7 Å². The summed E-state index contributed by atoms with van der Waals surface area (Å²) in [5.41, 5.74) is 3.77. The second-order valence-corrected chi connectivity index (χ2v) is 8.97. The zero-order valence-electron chi connectivity index (χ0n) is 21.0. The Labute approximate surface area is 205 Å². The summed E-state index contributed by atoms with van der Waals surface area (Å²) in [7, 11) is 0. The summed E-state index contributed by atoms with van der Waals surface area (Å²) in [6, 6.07) is 14.0. The van der Waals surface area contributed by atoms with E-state index in [1.165, 1.54) is 6.26 Å². The first-order valence-electron chi connectivity index (χ1n) is 12.2. The van der Waals surface area contributed by atoms with Crippen LogP contribution in [0.2, 0.25) is 0 Å². The molecule has 0 bridgehead atoms. The fraction of sp³-hybridized carbons (Fsp3) is 0.357. The van der Waals surface area contributed by atoms with Crippen LogP contribution in [-0.4, -0.2) is 37.8 Å². The van der Waals surface area contributed by atoms with Gasteiger partial charge in [-0.15, -0.1) is 0 Å². The van der Waals surface area contributed by atoms with Gasteiger partial charge in [-0.1, -0.05) is 48.8 Å². The van der Waals surface area contributed by atoms with E-state index in [4.69, 9.17) is 4.52 Å². The highest BCUT2D eigenvalue weighted by atomic mass is 16.5. The first kappa shape index (κ1) is 24.4. The van der Waals surface area contributed by atoms with Gasteiger partial charge in [0.25, 0.3) is 5.91 Å². The minimum absolute atomic E-state index is 0.0645. The van der Waals surface area contributed by atoms with Crippen molar-refractivity contribution in [2.75, 3.05) is 6.54 Å². The van der Waals surface area contributed by atoms with Crippen molar-refractivity contribution in [3.8, 4) is 0 Å². The van der Waals surface area contributed by atoms with Crippen LogP contribution in [-0.2, 0) is 12.1 Å². The van der Waals surface area contributed by atoms with Crippen molar-refractivity contribution in [2.24, 2.45) is 0 Å². The average Bonchev–Trinajstić information content (AvgIpc) is 3.47. The maximum Gasteiger partial charge on any atom is 0.259 e. The van der Waals surface area contributed by atoms with E-state index in [0.29, 0.717) is 42.9 Å². The molecule has 1 unspecified atom stereocenters. The number of aryl methyl sites for hydroxylation is 2. The summed E-state index contributed by atoms with van der Waals surface area (Å²) in [5, 5.41) is 4.83. The van der Waals surface area contributed by atoms with E-state index < -0.39 is 5.54 Å². The van der Waals surface area contributed by atoms with E-state index in [2.05, 4.69) is 41.3 Å². The number of aromatic nitrogens is 3. The van der Waals surface area contributed by atoms with Gasteiger partial charge in [-0.3, -0.25) is 9.59 Å². The van der Waals surface area contributed by atoms with E-state index in [9.17, 15) is 9.59 Å². The molecule has 1 atom stereocenters. The molecule has 0 aliphatic carbocycles. The summed E-state index contributed by atoms with van der Waals surface area (Å²) in [5.74, 6) is -0.0909. The van der Waals surface area contributed by atoms with Crippen LogP contribution in [0, 0.1) is 13.8 Å². The van der Waals surface area contributed by atoms with Gasteiger partial charge in [0, 0.05) is 24.5 Å². The molecule has 0 saturated heterocycles. The number of carbonyl (C=O) groups is 2. The van der Waals surface area contributed by atoms with Crippen LogP contribution in [0.3, 0.4) is 0 Å². The molecule has 7 heteroatoms. The van der Waals surface area contributed by atoms with Gasteiger partial charge >= 0.3 is 0 Å². The second-order valence-electron chi connectivity index (χ2n) is 8.97. The molecule has 1 aliphatic heterocycles. The van der Waals surface area contributed by atoms with Crippen molar-refractivity contribution in [1.29, 1.82) is 0 Å². The molecule has 4 aromatic rings. The minimum atomic E-state index is -0.739. The monoisotopic (exact) mass is 472 g/mol. The topological polar surface area (TPSA) is 81.2 Å². The van der Waals surface area contributed by atoms with Crippen LogP contribution in [0.25, 0.3) is 11.0 Å². The zero-order valence-corrected chi connectivity index (χ0v) is 21.0. The lowest BCUT2D eigenvalue weighted by Crippen LogP contribution is -2.50. The molecule has 1 aliphatic rings. The number of benzene rings is 1. The standard InChI is InChI=1S/C26H26N4O3.C2H6/c1-17-8-10-20(11-9-17)26(3)16-29-22(14-19-6-4-12-27-24(19)29)23(31)7-5-13-30(26)25(32)21-15-33-28-18(21)2;1-2/h4,6,8-12,14-15H,5,7,13,16H2,1-3H3;1-2H3. The highest BCUT2D eigenvalue weighted by molar-refractivity contribution is 6.00. The first-order valence-corrected chi connectivity index (χ1v) is 12.2. The van der Waals surface area contributed by atoms with Crippen molar-refractivity contribution in [3.63, 3.8) is 0 Å². The SMILES string of the molecule is CC.Cc1ccc(C2(C)Cn3c(cc4cccnc43)C(=O)CCCN2C(=O)c2conc2C)cc1. The largest absolute Gasteiger partial charge is 0.364 e. The van der Waals surface area contributed by atoms with Gasteiger partial charge in [-0.05, 0) is 51.0 Å². The zero-order chi connectivity index (χ0) is 25.2. The highest BCUT2D eigenvalue weighted by Crippen LogP contribution is 2.36. The molecule has 35 heavy (non-hydrogen) atoms. The Balaban J connectivity index is 0.00000141. The van der Waals surface area contributed by atoms with Gasteiger partial charge in [0.2, 0.25) is 0 Å². The highest BCUT2D eigenvalue weighted by Gasteiger charge is 2.40. The molecular formula is C28H32N4O3. The van der Waals surface area contributed by atoms with Gasteiger partial charge in [0.1, 0.15) is 17.5 Å². The molecule has 1 aromatic carbocycles. The number of Topliss-reactive ketones (excluding diaryl/α,β-unsaturated/α-hetero) is 1. The molecular weight excluding hydrogens is 440 g/mol. The third-order valence-electron chi connectivity index (χ3n) is 6.69. The van der Waals surface area contributed by atoms with Gasteiger partial charge < -0.3 is 14.0 Å². The molecule has 0 radical (unpaired) electrons. The fourth-order valence-electron chi connectivity index (χ4n) is 4.77. The number of fused-ring (bicyclic) bond motifs is 3. The number of amides is 1. The van der Waals surface area contributed by atoms with Crippen LogP contribution in [0.5, 0.6) is 0 Å². The average molecular weight is 473 g/mol. The lowest BCUT2D eigenvalue weighted by molar-refractivity contribution is 0.0450. The Kier molecular flexibility index (Phi) is 6.87. The predicted octanol–water partition coefficient (Wildman–Crippen LogP) is 5.70. The van der Waals surface area contributed by atoms with E-state index >= 15 is 0 Å². The molecule has 1 amide bonds. The summed E-state index contributed by atoms with van der Waals surface area (Å²) in [4.78, 5) is 33.4. The quantitative estimate of drug-likeness (QED) is 0.374. The van der Waals surface area contributed by atoms with Crippen LogP contribution < -0.4 is 0 Å². The number of ketones is 1. The van der Waals surface area contributed by atoms with E-state index in [1.807, 2.05) is 48.4 Å². The normalized spacial score (nSPS) is 18.2. The Morgan fingerprint density at radius 3 is 2.54 bits per heavy atom. The summed E-state index contributed by atoms with van der Waals surface area (Å²) < 4.78 is 7.06. The smallest absolute Gasteiger partial charge is 0.259 e. The third kappa shape index (κ3) is 4.38. The third-order valence-corrected chi connectivity index (χ3v) is 6.69. The maximum absolute atomic E-state index is 13.8. The Morgan fingerprint density at radius 2 is 1.86 bits per heavy atom. The molecule has 0 fully saturated rings. The molecule has 0 spiro atoms. The van der Waals surface area contributed by atoms with Gasteiger partial charge in [-0.2, -0.15) is 0 Å². The van der Waals surface area contributed by atoms with E-state index in [-0.39, 0.29) is 11.7 Å². The summed E-state index contributed by atoms with van der Waals surface area (Å²) >= 11 is 0. The lowest BCUT2D eigenvalue weighted by atomic mass is 9.88. The number of nitrogens with zero attached hydrogens (tertiary/aromatic N) is 4. The molecule has 182 valence electrons. The van der Waals surface area contributed by atoms with Crippen LogP contribution in [0.15, 0.2) is 59.4 Å². The number of pyridine rings is 1. The van der Waals surface area contributed by atoms with Crippen molar-refractivity contribution in [2.45, 2.75) is 59.5 Å². The van der Waals surface area contributed by atoms with Gasteiger partial charge in [0.15, 0.2) is 5.78 Å². The summed E-state index contributed by atoms with van der Waals surface area (Å²) in [6.07, 6.45) is 4.06. The maximum atomic E-state index is 13.8. The lowest BCUT2D eigenvalue weighted by Gasteiger charge is -2.42. The molecule has 3 aromatic heterocycles. The second kappa shape index (κ2) is 9.86. The van der Waals surface area contributed by atoms with Crippen LogP contribution >= 0.6 is 0 Å². The first-order chi connectivity index (χ1) is 16.9. The van der Waals surface area contributed by atoms with Crippen LogP contribution in [0.1, 0.15) is 71.3 Å². The molecule has 0 saturated carbocycles. The fourth-order valence-corrected chi connectivity index (χ4v) is 4.77. The molecule has 7 nitrogen and oxygen atoms in total. The number of hydrogen-bond acceptors (Lipinski definition) is 5. The number of hydrogen-bond donors (Lipinski definition) is 0. The van der Waals surface area contributed by atoms with Gasteiger partial charge in [0.05, 0.1) is 23.5 Å². The Hall–Kier alpha value is -3.74. The van der Waals surface area contributed by atoms with Crippen molar-refractivity contribution < 1.29 is 14.1 Å². The predicted molar refractivity (Wildman–Crippen MR) is 135 cm³/mol.